The molecule has 10 nitrogen and oxygen atoms in total. The van der Waals surface area contributed by atoms with Crippen molar-refractivity contribution in [2.24, 2.45) is 0 Å². The van der Waals surface area contributed by atoms with Gasteiger partial charge < -0.3 is 25.2 Å². The molecule has 1 saturated heterocycles. The minimum atomic E-state index is -0.449. The van der Waals surface area contributed by atoms with E-state index in [-0.39, 0.29) is 42.4 Å². The van der Waals surface area contributed by atoms with E-state index in [1.54, 1.807) is 74.0 Å². The minimum Gasteiger partial charge on any atom is -0.487 e. The molecule has 53 heavy (non-hydrogen) atoms. The van der Waals surface area contributed by atoms with E-state index >= 15 is 0 Å². The van der Waals surface area contributed by atoms with Gasteiger partial charge in [0.2, 0.25) is 11.8 Å². The highest BCUT2D eigenvalue weighted by molar-refractivity contribution is 6.38. The molecule has 3 amide bonds. The van der Waals surface area contributed by atoms with Crippen LogP contribution in [0.2, 0.25) is 10.0 Å². The van der Waals surface area contributed by atoms with Gasteiger partial charge in [0, 0.05) is 77.2 Å². The minimum absolute atomic E-state index is 0. The second-order valence-electron chi connectivity index (χ2n) is 12.4. The summed E-state index contributed by atoms with van der Waals surface area (Å²) in [6.07, 6.45) is 9.63. The Bertz CT molecular complexity index is 2120. The molecule has 0 saturated carbocycles. The Labute approximate surface area is 324 Å². The molecule has 1 fully saturated rings. The number of rotatable bonds is 11. The topological polar surface area (TPSA) is 117 Å². The van der Waals surface area contributed by atoms with Crippen LogP contribution in [0.5, 0.6) is 5.75 Å². The zero-order valence-electron chi connectivity index (χ0n) is 29.3. The molecule has 0 atom stereocenters. The third-order valence-corrected chi connectivity index (χ3v) is 9.61. The second-order valence-corrected chi connectivity index (χ2v) is 13.2. The molecule has 0 aliphatic carbocycles. The standard InChI is InChI=1S/C40H38Cl2N6O4.ClH/c1-26-23-34(48-21-4-3-5-22-48)30-7-6-8-35(39(30)45-26)52-25-31-32(41)14-15-33(38(31)42)47(2)37(50)24-44-36(49)16-11-27-9-12-29(13-10-27)46-40(51)28-17-19-43-20-18-28;/h6-20,23H,3-5,21-22,24-25H2,1-2H3,(H,44,49)(H,46,51);1H/b16-11+;. The number of aromatic nitrogens is 2. The zero-order valence-corrected chi connectivity index (χ0v) is 31.6. The quantitative estimate of drug-likeness (QED) is 0.130. The van der Waals surface area contributed by atoms with Crippen LogP contribution in [0.15, 0.2) is 91.3 Å². The molecule has 1 aliphatic heterocycles. The Balaban J connectivity index is 0.00000541. The first-order valence-electron chi connectivity index (χ1n) is 17.0. The van der Waals surface area contributed by atoms with Crippen LogP contribution >= 0.6 is 35.6 Å². The SMILES string of the molecule is Cc1cc(N2CCCCC2)c2cccc(OCc3c(Cl)ccc(N(C)C(=O)CNC(=O)/C=C/c4ccc(NC(=O)c5ccncc5)cc4)c3Cl)c2n1.Cl. The number of ether oxygens (including phenoxy) is 1. The molecule has 2 N–H and O–H groups in total. The number of nitrogens with one attached hydrogen (secondary N) is 2. The molecule has 274 valence electrons. The number of carbonyl (C=O) groups excluding carboxylic acids is 3. The molecular formula is C40H39Cl3N6O4. The van der Waals surface area contributed by atoms with E-state index in [9.17, 15) is 14.4 Å². The Kier molecular flexibility index (Phi) is 13.3. The highest BCUT2D eigenvalue weighted by Gasteiger charge is 2.21. The van der Waals surface area contributed by atoms with Gasteiger partial charge in [-0.2, -0.15) is 0 Å². The van der Waals surface area contributed by atoms with Gasteiger partial charge in [0.1, 0.15) is 17.9 Å². The van der Waals surface area contributed by atoms with Crippen LogP contribution < -0.4 is 25.2 Å². The fraction of sp³-hybridized carbons (Fsp3) is 0.225. The van der Waals surface area contributed by atoms with E-state index in [1.165, 1.54) is 30.2 Å². The number of hydrogen-bond acceptors (Lipinski definition) is 7. The summed E-state index contributed by atoms with van der Waals surface area (Å²) in [5.41, 5.74) is 5.62. The normalized spacial score (nSPS) is 12.6. The number of piperidine rings is 1. The summed E-state index contributed by atoms with van der Waals surface area (Å²) in [7, 11) is 1.58. The molecule has 0 spiro atoms. The molecular weight excluding hydrogens is 735 g/mol. The number of aryl methyl sites for hydroxylation is 1. The maximum absolute atomic E-state index is 13.1. The highest BCUT2D eigenvalue weighted by atomic mass is 35.5. The van der Waals surface area contributed by atoms with Gasteiger partial charge in [0.05, 0.1) is 17.3 Å². The lowest BCUT2D eigenvalue weighted by Crippen LogP contribution is -2.37. The predicted molar refractivity (Wildman–Crippen MR) is 215 cm³/mol. The van der Waals surface area contributed by atoms with Crippen molar-refractivity contribution < 1.29 is 19.1 Å². The summed E-state index contributed by atoms with van der Waals surface area (Å²) >= 11 is 13.4. The number of carbonyl (C=O) groups is 3. The van der Waals surface area contributed by atoms with Crippen molar-refractivity contribution in [3.05, 3.63) is 124 Å². The van der Waals surface area contributed by atoms with E-state index in [0.717, 1.165) is 40.9 Å². The van der Waals surface area contributed by atoms with Gasteiger partial charge in [-0.3, -0.25) is 19.4 Å². The van der Waals surface area contributed by atoms with E-state index in [1.807, 2.05) is 19.1 Å². The van der Waals surface area contributed by atoms with Crippen molar-refractivity contribution in [2.45, 2.75) is 32.8 Å². The van der Waals surface area contributed by atoms with Gasteiger partial charge >= 0.3 is 0 Å². The Morgan fingerprint density at radius 1 is 0.962 bits per heavy atom. The Morgan fingerprint density at radius 3 is 2.43 bits per heavy atom. The van der Waals surface area contributed by atoms with Crippen molar-refractivity contribution in [1.82, 2.24) is 15.3 Å². The van der Waals surface area contributed by atoms with E-state index in [4.69, 9.17) is 32.9 Å². The van der Waals surface area contributed by atoms with Crippen LogP contribution in [0.3, 0.4) is 0 Å². The number of pyridine rings is 2. The Hall–Kier alpha value is -5.16. The summed E-state index contributed by atoms with van der Waals surface area (Å²) in [6.45, 7) is 3.81. The summed E-state index contributed by atoms with van der Waals surface area (Å²) in [5.74, 6) is -0.471. The monoisotopic (exact) mass is 772 g/mol. The number of hydrogen-bond donors (Lipinski definition) is 2. The van der Waals surface area contributed by atoms with Crippen LogP contribution in [0.4, 0.5) is 17.1 Å². The Morgan fingerprint density at radius 2 is 1.70 bits per heavy atom. The summed E-state index contributed by atoms with van der Waals surface area (Å²) < 4.78 is 6.31. The lowest BCUT2D eigenvalue weighted by Gasteiger charge is -2.30. The fourth-order valence-electron chi connectivity index (χ4n) is 6.00. The maximum Gasteiger partial charge on any atom is 0.255 e. The first-order chi connectivity index (χ1) is 25.2. The zero-order chi connectivity index (χ0) is 36.6. The number of amides is 3. The molecule has 0 unspecified atom stereocenters. The predicted octanol–water partition coefficient (Wildman–Crippen LogP) is 8.28. The van der Waals surface area contributed by atoms with Crippen LogP contribution in [0, 0.1) is 6.92 Å². The molecule has 3 aromatic carbocycles. The van der Waals surface area contributed by atoms with Gasteiger partial charge in [0.15, 0.2) is 0 Å². The average molecular weight is 774 g/mol. The van der Waals surface area contributed by atoms with Crippen molar-refractivity contribution in [2.75, 3.05) is 41.8 Å². The molecule has 0 bridgehead atoms. The van der Waals surface area contributed by atoms with Crippen molar-refractivity contribution in [3.63, 3.8) is 0 Å². The van der Waals surface area contributed by atoms with Crippen LogP contribution in [0.1, 0.15) is 46.4 Å². The van der Waals surface area contributed by atoms with Gasteiger partial charge in [0.25, 0.3) is 5.91 Å². The van der Waals surface area contributed by atoms with Crippen LogP contribution in [0.25, 0.3) is 17.0 Å². The van der Waals surface area contributed by atoms with Gasteiger partial charge in [-0.1, -0.05) is 47.5 Å². The van der Waals surface area contributed by atoms with Crippen LogP contribution in [-0.4, -0.2) is 54.4 Å². The number of fused-ring (bicyclic) bond motifs is 1. The fourth-order valence-corrected chi connectivity index (χ4v) is 6.61. The summed E-state index contributed by atoms with van der Waals surface area (Å²) in [4.78, 5) is 50.6. The summed E-state index contributed by atoms with van der Waals surface area (Å²) in [5, 5.41) is 7.13. The number of para-hydroxylation sites is 1. The van der Waals surface area contributed by atoms with Crippen molar-refractivity contribution in [1.29, 1.82) is 0 Å². The lowest BCUT2D eigenvalue weighted by atomic mass is 10.1. The second kappa shape index (κ2) is 18.1. The molecule has 2 aromatic heterocycles. The first kappa shape index (κ1) is 39.1. The van der Waals surface area contributed by atoms with E-state index in [0.29, 0.717) is 33.3 Å². The third kappa shape index (κ3) is 9.64. The van der Waals surface area contributed by atoms with Crippen LogP contribution in [-0.2, 0) is 16.2 Å². The molecule has 0 radical (unpaired) electrons. The number of halogens is 3. The maximum atomic E-state index is 13.1. The number of nitrogens with zero attached hydrogens (tertiary/aromatic N) is 4. The van der Waals surface area contributed by atoms with E-state index in [2.05, 4.69) is 32.7 Å². The van der Waals surface area contributed by atoms with Gasteiger partial charge in [-0.15, -0.1) is 12.4 Å². The van der Waals surface area contributed by atoms with Crippen molar-refractivity contribution in [3.8, 4) is 5.75 Å². The summed E-state index contributed by atoms with van der Waals surface area (Å²) in [6, 6.07) is 21.6. The lowest BCUT2D eigenvalue weighted by molar-refractivity contribution is -0.122. The largest absolute Gasteiger partial charge is 0.487 e. The molecule has 3 heterocycles. The third-order valence-electron chi connectivity index (χ3n) is 8.83. The highest BCUT2D eigenvalue weighted by Crippen LogP contribution is 2.37. The molecule has 6 rings (SSSR count). The smallest absolute Gasteiger partial charge is 0.255 e. The van der Waals surface area contributed by atoms with E-state index < -0.39 is 5.91 Å². The first-order valence-corrected chi connectivity index (χ1v) is 17.7. The number of likely N-dealkylation sites (N-methyl/N-ethyl adjacent to an activating group) is 1. The molecule has 1 aliphatic rings. The van der Waals surface area contributed by atoms with Crippen molar-refractivity contribution >= 4 is 87.4 Å². The number of benzene rings is 3. The average Bonchev–Trinajstić information content (AvgIpc) is 3.16. The van der Waals surface area contributed by atoms with Gasteiger partial charge in [-0.05, 0) is 86.4 Å². The van der Waals surface area contributed by atoms with Gasteiger partial charge in [-0.25, -0.2) is 4.98 Å². The molecule has 13 heteroatoms. The number of anilines is 3. The molecule has 5 aromatic rings.